The third kappa shape index (κ3) is 5.61. The molecule has 1 aliphatic carbocycles. The lowest BCUT2D eigenvalue weighted by atomic mass is 9.63. The summed E-state index contributed by atoms with van der Waals surface area (Å²) < 4.78 is 24.7. The van der Waals surface area contributed by atoms with Crippen LogP contribution >= 0.6 is 0 Å². The molecule has 0 aromatic heterocycles. The summed E-state index contributed by atoms with van der Waals surface area (Å²) >= 11 is 0. The van der Waals surface area contributed by atoms with Crippen LogP contribution in [0.3, 0.4) is 0 Å². The molecule has 1 saturated carbocycles. The number of anilines is 1. The van der Waals surface area contributed by atoms with Gasteiger partial charge in [0, 0.05) is 43.3 Å². The van der Waals surface area contributed by atoms with E-state index in [0.29, 0.717) is 16.7 Å². The van der Waals surface area contributed by atoms with Crippen molar-refractivity contribution < 1.29 is 8.42 Å². The Kier molecular flexibility index (Phi) is 8.71. The molecule has 2 aromatic rings. The monoisotopic (exact) mass is 565 g/mol. The molecule has 2 fully saturated rings. The first kappa shape index (κ1) is 29.6. The SMILES string of the molecule is CCC(CCN(C)CC1CN(c2ccc(S(=O)(=O)C(C)(C)C)cc2)C1)C1(C2CCCC2)NCCc2ccccc21. The molecule has 3 aliphatic rings. The van der Waals surface area contributed by atoms with E-state index in [4.69, 9.17) is 0 Å². The van der Waals surface area contributed by atoms with E-state index in [0.717, 1.165) is 50.7 Å². The first-order valence-corrected chi connectivity index (χ1v) is 17.2. The van der Waals surface area contributed by atoms with Crippen molar-refractivity contribution in [3.05, 3.63) is 59.7 Å². The number of sulfone groups is 1. The van der Waals surface area contributed by atoms with E-state index in [1.807, 2.05) is 12.1 Å². The summed E-state index contributed by atoms with van der Waals surface area (Å²) in [6.45, 7) is 13.1. The summed E-state index contributed by atoms with van der Waals surface area (Å²) in [7, 11) is -1.02. The van der Waals surface area contributed by atoms with E-state index in [-0.39, 0.29) is 5.54 Å². The van der Waals surface area contributed by atoms with Crippen molar-refractivity contribution in [3.63, 3.8) is 0 Å². The van der Waals surface area contributed by atoms with Crippen LogP contribution in [-0.4, -0.2) is 57.8 Å². The first-order valence-electron chi connectivity index (χ1n) is 15.7. The van der Waals surface area contributed by atoms with Gasteiger partial charge in [0.15, 0.2) is 9.84 Å². The Bertz CT molecular complexity index is 1240. The molecular weight excluding hydrogens is 514 g/mol. The molecule has 1 saturated heterocycles. The van der Waals surface area contributed by atoms with Crippen LogP contribution in [-0.2, 0) is 21.8 Å². The Morgan fingerprint density at radius 1 is 1.05 bits per heavy atom. The van der Waals surface area contributed by atoms with Gasteiger partial charge < -0.3 is 15.1 Å². The summed E-state index contributed by atoms with van der Waals surface area (Å²) in [6, 6.07) is 16.8. The molecule has 0 spiro atoms. The standard InChI is InChI=1S/C34H51N3O2S/c1-6-28(34(29-12-8-9-13-29)32-14-10-7-11-27(32)19-21-35-34)20-22-36(5)23-26-24-37(25-26)30-15-17-31(18-16-30)40(38,39)33(2,3)4/h7,10-11,14-18,26,28-29,35H,6,8-9,12-13,19-25H2,1-5H3. The molecule has 40 heavy (non-hydrogen) atoms. The van der Waals surface area contributed by atoms with E-state index < -0.39 is 14.6 Å². The molecule has 2 atom stereocenters. The zero-order valence-electron chi connectivity index (χ0n) is 25.5. The second-order valence-electron chi connectivity index (χ2n) is 13.7. The van der Waals surface area contributed by atoms with Gasteiger partial charge in [0.1, 0.15) is 0 Å². The van der Waals surface area contributed by atoms with Gasteiger partial charge in [-0.2, -0.15) is 0 Å². The largest absolute Gasteiger partial charge is 0.371 e. The second-order valence-corrected chi connectivity index (χ2v) is 16.4. The molecule has 0 radical (unpaired) electrons. The quantitative estimate of drug-likeness (QED) is 0.368. The summed E-state index contributed by atoms with van der Waals surface area (Å²) in [5, 5.41) is 4.15. The number of nitrogens with one attached hydrogen (secondary N) is 1. The van der Waals surface area contributed by atoms with Crippen LogP contribution < -0.4 is 10.2 Å². The maximum atomic E-state index is 12.8. The molecule has 6 heteroatoms. The zero-order valence-corrected chi connectivity index (χ0v) is 26.3. The fraction of sp³-hybridized carbons (Fsp3) is 0.647. The smallest absolute Gasteiger partial charge is 0.183 e. The number of hydrogen-bond acceptors (Lipinski definition) is 5. The molecule has 2 unspecified atom stereocenters. The van der Waals surface area contributed by atoms with E-state index in [2.05, 4.69) is 53.4 Å². The van der Waals surface area contributed by atoms with Gasteiger partial charge in [0.25, 0.3) is 0 Å². The molecule has 2 aromatic carbocycles. The number of hydrogen-bond donors (Lipinski definition) is 1. The molecule has 1 N–H and O–H groups in total. The van der Waals surface area contributed by atoms with Crippen LogP contribution in [0.2, 0.25) is 0 Å². The fourth-order valence-corrected chi connectivity index (χ4v) is 9.03. The van der Waals surface area contributed by atoms with Crippen molar-refractivity contribution in [1.29, 1.82) is 0 Å². The fourth-order valence-electron chi connectivity index (χ4n) is 7.83. The summed E-state index contributed by atoms with van der Waals surface area (Å²) in [5.41, 5.74) is 4.41. The Hall–Kier alpha value is -1.89. The van der Waals surface area contributed by atoms with Crippen molar-refractivity contribution in [2.45, 2.75) is 87.8 Å². The minimum atomic E-state index is -3.31. The lowest BCUT2D eigenvalue weighted by Crippen LogP contribution is -2.57. The maximum absolute atomic E-state index is 12.8. The van der Waals surface area contributed by atoms with Gasteiger partial charge in [-0.25, -0.2) is 8.42 Å². The average molecular weight is 566 g/mol. The second kappa shape index (κ2) is 11.8. The van der Waals surface area contributed by atoms with E-state index >= 15 is 0 Å². The van der Waals surface area contributed by atoms with E-state index in [9.17, 15) is 8.42 Å². The highest BCUT2D eigenvalue weighted by molar-refractivity contribution is 7.92. The van der Waals surface area contributed by atoms with Gasteiger partial charge in [-0.05, 0) is 107 Å². The van der Waals surface area contributed by atoms with Gasteiger partial charge in [0.05, 0.1) is 9.64 Å². The number of rotatable bonds is 10. The third-order valence-electron chi connectivity index (χ3n) is 10.1. The third-order valence-corrected chi connectivity index (χ3v) is 12.6. The number of fused-ring (bicyclic) bond motifs is 1. The minimum absolute atomic E-state index is 0.126. The van der Waals surface area contributed by atoms with Crippen molar-refractivity contribution in [3.8, 4) is 0 Å². The first-order chi connectivity index (χ1) is 19.1. The predicted octanol–water partition coefficient (Wildman–Crippen LogP) is 6.27. The summed E-state index contributed by atoms with van der Waals surface area (Å²) in [5.74, 6) is 2.04. The molecule has 220 valence electrons. The van der Waals surface area contributed by atoms with Gasteiger partial charge in [0.2, 0.25) is 0 Å². The molecule has 0 bridgehead atoms. The van der Waals surface area contributed by atoms with Crippen LogP contribution in [0.25, 0.3) is 0 Å². The van der Waals surface area contributed by atoms with Crippen LogP contribution in [0.15, 0.2) is 53.4 Å². The molecule has 5 nitrogen and oxygen atoms in total. The normalized spacial score (nSPS) is 23.3. The topological polar surface area (TPSA) is 52.7 Å². The van der Waals surface area contributed by atoms with E-state index in [1.54, 1.807) is 44.0 Å². The summed E-state index contributed by atoms with van der Waals surface area (Å²) in [6.07, 6.45) is 9.05. The molecule has 2 aliphatic heterocycles. The van der Waals surface area contributed by atoms with Gasteiger partial charge in [-0.3, -0.25) is 0 Å². The average Bonchev–Trinajstić information content (AvgIpc) is 3.46. The summed E-state index contributed by atoms with van der Waals surface area (Å²) in [4.78, 5) is 5.34. The van der Waals surface area contributed by atoms with Crippen molar-refractivity contribution in [2.75, 3.05) is 44.7 Å². The highest BCUT2D eigenvalue weighted by Gasteiger charge is 2.48. The Morgan fingerprint density at radius 3 is 2.38 bits per heavy atom. The molecule has 5 rings (SSSR count). The van der Waals surface area contributed by atoms with Crippen LogP contribution in [0, 0.1) is 17.8 Å². The molecule has 2 heterocycles. The Morgan fingerprint density at radius 2 is 1.73 bits per heavy atom. The van der Waals surface area contributed by atoms with Gasteiger partial charge >= 0.3 is 0 Å². The highest BCUT2D eigenvalue weighted by Crippen LogP contribution is 2.49. The van der Waals surface area contributed by atoms with Crippen LogP contribution in [0.1, 0.15) is 77.3 Å². The van der Waals surface area contributed by atoms with Gasteiger partial charge in [-0.1, -0.05) is 50.5 Å². The van der Waals surface area contributed by atoms with Crippen molar-refractivity contribution >= 4 is 15.5 Å². The van der Waals surface area contributed by atoms with Crippen molar-refractivity contribution in [2.24, 2.45) is 17.8 Å². The lowest BCUT2D eigenvalue weighted by Gasteiger charge is -2.50. The van der Waals surface area contributed by atoms with Crippen molar-refractivity contribution in [1.82, 2.24) is 10.2 Å². The number of nitrogens with zero attached hydrogens (tertiary/aromatic N) is 2. The zero-order chi connectivity index (χ0) is 28.5. The lowest BCUT2D eigenvalue weighted by molar-refractivity contribution is 0.0922. The van der Waals surface area contributed by atoms with Crippen LogP contribution in [0.4, 0.5) is 5.69 Å². The molecule has 0 amide bonds. The maximum Gasteiger partial charge on any atom is 0.183 e. The Balaban J connectivity index is 1.18. The van der Waals surface area contributed by atoms with Gasteiger partial charge in [-0.15, -0.1) is 0 Å². The predicted molar refractivity (Wildman–Crippen MR) is 167 cm³/mol. The van der Waals surface area contributed by atoms with E-state index in [1.165, 1.54) is 38.5 Å². The highest BCUT2D eigenvalue weighted by atomic mass is 32.2. The molecular formula is C34H51N3O2S. The Labute approximate surface area is 243 Å². The number of benzene rings is 2. The minimum Gasteiger partial charge on any atom is -0.371 e. The van der Waals surface area contributed by atoms with Crippen LogP contribution in [0.5, 0.6) is 0 Å².